The Morgan fingerprint density at radius 3 is 2.19 bits per heavy atom. The summed E-state index contributed by atoms with van der Waals surface area (Å²) in [5, 5.41) is 0. The molecule has 0 aromatic carbocycles. The molecule has 27 heavy (non-hydrogen) atoms. The van der Waals surface area contributed by atoms with Gasteiger partial charge in [-0.25, -0.2) is 4.39 Å². The standard InChI is InChI=1S/C10H17NO.C9H13F2NO.C2H6/c1-9-6-10(8-12-2)4-3-5-11(10)7-9;10-5-8-4-9(7-13-11)2-1-3-12(9)6-8;1-2/h1,3-8H2,2H3;5H,1-4,6-7H2;1-2H3/b;8-5-;. The number of hydrogen-bond acceptors (Lipinski definition) is 4. The number of ether oxygens (including phenoxy) is 1. The van der Waals surface area contributed by atoms with Crippen molar-refractivity contribution in [2.75, 3.05) is 46.5 Å². The van der Waals surface area contributed by atoms with Crippen LogP contribution >= 0.6 is 0 Å². The summed E-state index contributed by atoms with van der Waals surface area (Å²) in [6.45, 7) is 12.9. The van der Waals surface area contributed by atoms with E-state index in [0.717, 1.165) is 44.5 Å². The van der Waals surface area contributed by atoms with Gasteiger partial charge in [-0.3, -0.25) is 9.80 Å². The molecule has 4 aliphatic rings. The van der Waals surface area contributed by atoms with Crippen LogP contribution in [0.3, 0.4) is 0 Å². The van der Waals surface area contributed by atoms with Crippen LogP contribution in [0.15, 0.2) is 24.1 Å². The second kappa shape index (κ2) is 10.1. The molecule has 0 saturated carbocycles. The molecule has 4 aliphatic heterocycles. The molecule has 4 nitrogen and oxygen atoms in total. The number of nitrogens with zero attached hydrogens (tertiary/aromatic N) is 2. The highest BCUT2D eigenvalue weighted by Gasteiger charge is 2.47. The van der Waals surface area contributed by atoms with Crippen molar-refractivity contribution in [2.45, 2.75) is 63.5 Å². The number of halogens is 2. The van der Waals surface area contributed by atoms with E-state index in [1.165, 1.54) is 25.0 Å². The van der Waals surface area contributed by atoms with Crippen LogP contribution in [0.4, 0.5) is 8.92 Å². The highest BCUT2D eigenvalue weighted by atomic mass is 19.3. The monoisotopic (exact) mass is 386 g/mol. The molecule has 0 aromatic rings. The molecule has 0 bridgehead atoms. The lowest BCUT2D eigenvalue weighted by Crippen LogP contribution is -2.42. The van der Waals surface area contributed by atoms with Gasteiger partial charge in [-0.15, -0.1) is 0 Å². The fourth-order valence-electron chi connectivity index (χ4n) is 5.27. The molecule has 0 aromatic heterocycles. The number of methoxy groups -OCH3 is 1. The Bertz CT molecular complexity index is 528. The minimum atomic E-state index is -0.243. The van der Waals surface area contributed by atoms with Gasteiger partial charge in [0.2, 0.25) is 0 Å². The number of rotatable bonds is 4. The van der Waals surface area contributed by atoms with Crippen LogP contribution in [0, 0.1) is 0 Å². The minimum absolute atomic E-state index is 0.0737. The van der Waals surface area contributed by atoms with Crippen molar-refractivity contribution in [1.29, 1.82) is 0 Å². The van der Waals surface area contributed by atoms with Crippen LogP contribution in [-0.2, 0) is 9.68 Å². The van der Waals surface area contributed by atoms with E-state index in [4.69, 9.17) is 4.74 Å². The van der Waals surface area contributed by atoms with E-state index in [9.17, 15) is 8.92 Å². The SMILES string of the molecule is C=C1CN2CCCC2(COC)C1.CC.F/C=C1\CN2CCCC2(COF)C1. The maximum Gasteiger partial charge on any atom is 0.106 e. The van der Waals surface area contributed by atoms with Gasteiger partial charge in [0.05, 0.1) is 18.5 Å². The van der Waals surface area contributed by atoms with Gasteiger partial charge in [0.1, 0.15) is 6.61 Å². The quantitative estimate of drug-likeness (QED) is 0.667. The Kier molecular flexibility index (Phi) is 8.40. The van der Waals surface area contributed by atoms with Gasteiger partial charge in [0.25, 0.3) is 0 Å². The van der Waals surface area contributed by atoms with Crippen LogP contribution in [0.1, 0.15) is 52.4 Å². The third-order valence-corrected chi connectivity index (χ3v) is 6.32. The lowest BCUT2D eigenvalue weighted by Gasteiger charge is -2.30. The summed E-state index contributed by atoms with van der Waals surface area (Å²) < 4.78 is 29.5. The van der Waals surface area contributed by atoms with Gasteiger partial charge in [-0.05, 0) is 61.7 Å². The van der Waals surface area contributed by atoms with E-state index in [1.54, 1.807) is 7.11 Å². The van der Waals surface area contributed by atoms with E-state index in [2.05, 4.69) is 21.3 Å². The van der Waals surface area contributed by atoms with Crippen molar-refractivity contribution in [2.24, 2.45) is 0 Å². The first-order chi connectivity index (χ1) is 13.1. The van der Waals surface area contributed by atoms with Gasteiger partial charge >= 0.3 is 0 Å². The maximum atomic E-state index is 12.3. The first-order valence-corrected chi connectivity index (χ1v) is 10.2. The molecule has 0 aliphatic carbocycles. The maximum absolute atomic E-state index is 12.3. The number of fused-ring (bicyclic) bond motifs is 2. The fraction of sp³-hybridized carbons (Fsp3) is 0.810. The lowest BCUT2D eigenvalue weighted by atomic mass is 9.94. The summed E-state index contributed by atoms with van der Waals surface area (Å²) in [7, 11) is 1.80. The molecule has 4 fully saturated rings. The van der Waals surface area contributed by atoms with Crippen molar-refractivity contribution in [3.8, 4) is 0 Å². The minimum Gasteiger partial charge on any atom is -0.383 e. The average Bonchev–Trinajstić information content (AvgIpc) is 3.36. The topological polar surface area (TPSA) is 24.9 Å². The predicted octanol–water partition coefficient (Wildman–Crippen LogP) is 4.43. The molecule has 4 heterocycles. The highest BCUT2D eigenvalue weighted by Crippen LogP contribution is 2.42. The Morgan fingerprint density at radius 2 is 1.63 bits per heavy atom. The summed E-state index contributed by atoms with van der Waals surface area (Å²) in [4.78, 5) is 8.40. The lowest BCUT2D eigenvalue weighted by molar-refractivity contribution is -0.160. The van der Waals surface area contributed by atoms with Crippen LogP contribution in [0.2, 0.25) is 0 Å². The van der Waals surface area contributed by atoms with Gasteiger partial charge in [-0.2, -0.15) is 4.94 Å². The van der Waals surface area contributed by atoms with Crippen molar-refractivity contribution in [1.82, 2.24) is 9.80 Å². The Labute approximate surface area is 163 Å². The fourth-order valence-corrected chi connectivity index (χ4v) is 5.27. The summed E-state index contributed by atoms with van der Waals surface area (Å²) in [5.41, 5.74) is 2.24. The smallest absolute Gasteiger partial charge is 0.106 e. The molecule has 156 valence electrons. The van der Waals surface area contributed by atoms with Crippen LogP contribution < -0.4 is 0 Å². The molecule has 4 rings (SSSR count). The molecular formula is C21H36F2N2O2. The average molecular weight is 387 g/mol. The van der Waals surface area contributed by atoms with Gasteiger partial charge in [0, 0.05) is 25.7 Å². The normalized spacial score (nSPS) is 34.1. The van der Waals surface area contributed by atoms with Crippen molar-refractivity contribution < 1.29 is 18.6 Å². The Balaban J connectivity index is 0.000000178. The first kappa shape index (κ1) is 22.5. The summed E-state index contributed by atoms with van der Waals surface area (Å²) >= 11 is 0. The number of hydrogen-bond donors (Lipinski definition) is 0. The van der Waals surface area contributed by atoms with E-state index in [-0.39, 0.29) is 12.1 Å². The van der Waals surface area contributed by atoms with Gasteiger partial charge in [-0.1, -0.05) is 26.0 Å². The van der Waals surface area contributed by atoms with E-state index in [1.807, 2.05) is 13.8 Å². The molecule has 0 N–H and O–H groups in total. The molecular weight excluding hydrogens is 350 g/mol. The van der Waals surface area contributed by atoms with Crippen LogP contribution in [0.25, 0.3) is 0 Å². The largest absolute Gasteiger partial charge is 0.383 e. The summed E-state index contributed by atoms with van der Waals surface area (Å²) in [6, 6.07) is 0. The van der Waals surface area contributed by atoms with Gasteiger partial charge < -0.3 is 4.74 Å². The van der Waals surface area contributed by atoms with Crippen LogP contribution in [0.5, 0.6) is 0 Å². The van der Waals surface area contributed by atoms with E-state index in [0.29, 0.717) is 24.8 Å². The zero-order valence-electron chi connectivity index (χ0n) is 17.2. The molecule has 2 unspecified atom stereocenters. The van der Waals surface area contributed by atoms with E-state index < -0.39 is 0 Å². The molecule has 6 heteroatoms. The third-order valence-electron chi connectivity index (χ3n) is 6.32. The molecule has 0 amide bonds. The predicted molar refractivity (Wildman–Crippen MR) is 105 cm³/mol. The second-order valence-electron chi connectivity index (χ2n) is 8.06. The molecule has 0 spiro atoms. The van der Waals surface area contributed by atoms with Crippen molar-refractivity contribution in [3.63, 3.8) is 0 Å². The Morgan fingerprint density at radius 1 is 1.04 bits per heavy atom. The highest BCUT2D eigenvalue weighted by molar-refractivity contribution is 5.19. The summed E-state index contributed by atoms with van der Waals surface area (Å²) in [6.07, 6.45) is 7.01. The molecule has 2 atom stereocenters. The van der Waals surface area contributed by atoms with Crippen molar-refractivity contribution >= 4 is 0 Å². The molecule has 0 radical (unpaired) electrons. The molecule has 4 saturated heterocycles. The first-order valence-electron chi connectivity index (χ1n) is 10.2. The zero-order valence-corrected chi connectivity index (χ0v) is 17.2. The second-order valence-corrected chi connectivity index (χ2v) is 8.06. The third kappa shape index (κ3) is 4.78. The Hall–Kier alpha value is -0.820. The van der Waals surface area contributed by atoms with E-state index >= 15 is 0 Å². The van der Waals surface area contributed by atoms with Gasteiger partial charge in [0.15, 0.2) is 0 Å². The summed E-state index contributed by atoms with van der Waals surface area (Å²) in [5.74, 6) is 0. The zero-order chi connectivity index (χ0) is 19.9. The van der Waals surface area contributed by atoms with Crippen LogP contribution in [-0.4, -0.2) is 67.4 Å². The van der Waals surface area contributed by atoms with Crippen molar-refractivity contribution in [3.05, 3.63) is 24.1 Å².